The molecule has 0 aliphatic carbocycles. The molecule has 0 amide bonds. The van der Waals surface area contributed by atoms with E-state index < -0.39 is 0 Å². The number of rotatable bonds is 4. The normalized spacial score (nSPS) is 11.1. The molecule has 0 atom stereocenters. The maximum Gasteiger partial charge on any atom is 0.183 e. The summed E-state index contributed by atoms with van der Waals surface area (Å²) in [5.41, 5.74) is 0. The highest BCUT2D eigenvalue weighted by Gasteiger charge is 2.06. The first-order valence-electron chi connectivity index (χ1n) is 4.55. The Morgan fingerprint density at radius 1 is 1.53 bits per heavy atom. The van der Waals surface area contributed by atoms with E-state index in [1.807, 2.05) is 25.4 Å². The molecule has 0 aliphatic rings. The van der Waals surface area contributed by atoms with Gasteiger partial charge in [0.1, 0.15) is 5.76 Å². The first-order chi connectivity index (χ1) is 7.24. The van der Waals surface area contributed by atoms with Gasteiger partial charge in [0, 0.05) is 17.6 Å². The Labute approximate surface area is 97.3 Å². The van der Waals surface area contributed by atoms with Gasteiger partial charge in [0.05, 0.1) is 12.8 Å². The Kier molecular flexibility index (Phi) is 3.41. The van der Waals surface area contributed by atoms with Crippen LogP contribution >= 0.6 is 22.9 Å². The fourth-order valence-corrected chi connectivity index (χ4v) is 2.41. The number of halogens is 1. The minimum Gasteiger partial charge on any atom is -0.468 e. The summed E-state index contributed by atoms with van der Waals surface area (Å²) in [4.78, 5) is 7.32. The summed E-state index contributed by atoms with van der Waals surface area (Å²) in [7, 11) is 2.04. The van der Waals surface area contributed by atoms with Gasteiger partial charge in [-0.25, -0.2) is 4.98 Å². The van der Waals surface area contributed by atoms with Gasteiger partial charge >= 0.3 is 0 Å². The van der Waals surface area contributed by atoms with E-state index >= 15 is 0 Å². The van der Waals surface area contributed by atoms with Gasteiger partial charge in [-0.3, -0.25) is 4.90 Å². The van der Waals surface area contributed by atoms with Gasteiger partial charge in [-0.05, 0) is 19.2 Å². The van der Waals surface area contributed by atoms with Crippen LogP contribution in [0, 0.1) is 0 Å². The molecule has 2 aromatic heterocycles. The monoisotopic (exact) mass is 242 g/mol. The van der Waals surface area contributed by atoms with Crippen molar-refractivity contribution in [3.05, 3.63) is 39.7 Å². The van der Waals surface area contributed by atoms with Crippen molar-refractivity contribution >= 4 is 22.9 Å². The summed E-state index contributed by atoms with van der Waals surface area (Å²) >= 11 is 7.27. The Morgan fingerprint density at radius 3 is 3.00 bits per heavy atom. The van der Waals surface area contributed by atoms with Crippen LogP contribution in [0.5, 0.6) is 0 Å². The molecule has 0 aromatic carbocycles. The van der Waals surface area contributed by atoms with E-state index in [2.05, 4.69) is 9.88 Å². The molecule has 0 saturated carbocycles. The lowest BCUT2D eigenvalue weighted by Crippen LogP contribution is -2.15. The zero-order valence-corrected chi connectivity index (χ0v) is 9.88. The minimum absolute atomic E-state index is 0.594. The standard InChI is InChI=1S/C10H11ClN2OS/c1-13(6-8-3-2-4-14-8)7-9-5-12-10(11)15-9/h2-5H,6-7H2,1H3. The van der Waals surface area contributed by atoms with Gasteiger partial charge in [-0.15, -0.1) is 11.3 Å². The van der Waals surface area contributed by atoms with Crippen molar-refractivity contribution in [3.8, 4) is 0 Å². The number of aromatic nitrogens is 1. The molecule has 80 valence electrons. The second kappa shape index (κ2) is 4.79. The SMILES string of the molecule is CN(Cc1ccco1)Cc1cnc(Cl)s1. The predicted molar refractivity (Wildman–Crippen MR) is 61.0 cm³/mol. The molecule has 15 heavy (non-hydrogen) atoms. The van der Waals surface area contributed by atoms with Crippen LogP contribution < -0.4 is 0 Å². The van der Waals surface area contributed by atoms with Crippen LogP contribution in [0.3, 0.4) is 0 Å². The summed E-state index contributed by atoms with van der Waals surface area (Å²) < 4.78 is 5.86. The third-order valence-electron chi connectivity index (χ3n) is 1.96. The summed E-state index contributed by atoms with van der Waals surface area (Å²) in [5.74, 6) is 0.966. The first-order valence-corrected chi connectivity index (χ1v) is 5.74. The Morgan fingerprint density at radius 2 is 2.40 bits per heavy atom. The van der Waals surface area contributed by atoms with Crippen molar-refractivity contribution in [1.29, 1.82) is 0 Å². The lowest BCUT2D eigenvalue weighted by Gasteiger charge is -2.12. The molecular weight excluding hydrogens is 232 g/mol. The molecule has 0 radical (unpaired) electrons. The van der Waals surface area contributed by atoms with E-state index in [-0.39, 0.29) is 0 Å². The molecule has 2 aromatic rings. The molecule has 3 nitrogen and oxygen atoms in total. The highest BCUT2D eigenvalue weighted by molar-refractivity contribution is 7.15. The van der Waals surface area contributed by atoms with E-state index in [9.17, 15) is 0 Å². The molecule has 2 heterocycles. The van der Waals surface area contributed by atoms with Crippen molar-refractivity contribution in [3.63, 3.8) is 0 Å². The highest BCUT2D eigenvalue weighted by Crippen LogP contribution is 2.19. The van der Waals surface area contributed by atoms with Gasteiger partial charge < -0.3 is 4.42 Å². The zero-order chi connectivity index (χ0) is 10.7. The first kappa shape index (κ1) is 10.7. The maximum atomic E-state index is 5.76. The molecular formula is C10H11ClN2OS. The van der Waals surface area contributed by atoms with Crippen LogP contribution in [-0.2, 0) is 13.1 Å². The molecule has 0 N–H and O–H groups in total. The van der Waals surface area contributed by atoms with Crippen molar-refractivity contribution in [2.75, 3.05) is 7.05 Å². The number of nitrogens with zero attached hydrogens (tertiary/aromatic N) is 2. The minimum atomic E-state index is 0.594. The van der Waals surface area contributed by atoms with E-state index in [0.717, 1.165) is 23.7 Å². The lowest BCUT2D eigenvalue weighted by molar-refractivity contribution is 0.290. The van der Waals surface area contributed by atoms with E-state index in [4.69, 9.17) is 16.0 Å². The molecule has 0 unspecified atom stereocenters. The predicted octanol–water partition coefficient (Wildman–Crippen LogP) is 3.02. The average molecular weight is 243 g/mol. The van der Waals surface area contributed by atoms with Crippen LogP contribution in [-0.4, -0.2) is 16.9 Å². The van der Waals surface area contributed by atoms with Gasteiger partial charge in [-0.2, -0.15) is 0 Å². The molecule has 0 aliphatic heterocycles. The van der Waals surface area contributed by atoms with E-state index in [0.29, 0.717) is 4.47 Å². The third-order valence-corrected chi connectivity index (χ3v) is 3.06. The second-order valence-electron chi connectivity index (χ2n) is 3.33. The molecule has 5 heteroatoms. The molecule has 0 bridgehead atoms. The summed E-state index contributed by atoms with van der Waals surface area (Å²) in [6, 6.07) is 3.86. The Balaban J connectivity index is 1.90. The van der Waals surface area contributed by atoms with Crippen molar-refractivity contribution in [1.82, 2.24) is 9.88 Å². The van der Waals surface area contributed by atoms with Crippen LogP contribution in [0.15, 0.2) is 29.0 Å². The van der Waals surface area contributed by atoms with Crippen LogP contribution in [0.1, 0.15) is 10.6 Å². The Bertz CT molecular complexity index is 413. The molecule has 0 fully saturated rings. The van der Waals surface area contributed by atoms with E-state index in [1.165, 1.54) is 11.3 Å². The smallest absolute Gasteiger partial charge is 0.183 e. The van der Waals surface area contributed by atoms with Gasteiger partial charge in [0.2, 0.25) is 0 Å². The highest BCUT2D eigenvalue weighted by atomic mass is 35.5. The summed E-state index contributed by atoms with van der Waals surface area (Å²) in [5, 5.41) is 0. The van der Waals surface area contributed by atoms with Gasteiger partial charge in [0.15, 0.2) is 4.47 Å². The quantitative estimate of drug-likeness (QED) is 0.825. The van der Waals surface area contributed by atoms with Crippen LogP contribution in [0.4, 0.5) is 0 Å². The Hall–Kier alpha value is -0.840. The van der Waals surface area contributed by atoms with Gasteiger partial charge in [-0.1, -0.05) is 11.6 Å². The number of hydrogen-bond donors (Lipinski definition) is 0. The fraction of sp³-hybridized carbons (Fsp3) is 0.300. The topological polar surface area (TPSA) is 29.3 Å². The maximum absolute atomic E-state index is 5.76. The molecule has 2 rings (SSSR count). The van der Waals surface area contributed by atoms with Crippen molar-refractivity contribution < 1.29 is 4.42 Å². The van der Waals surface area contributed by atoms with Gasteiger partial charge in [0.25, 0.3) is 0 Å². The number of thiazole rings is 1. The average Bonchev–Trinajstić information content (AvgIpc) is 2.77. The van der Waals surface area contributed by atoms with Crippen molar-refractivity contribution in [2.45, 2.75) is 13.1 Å². The lowest BCUT2D eigenvalue weighted by atomic mass is 10.4. The molecule has 0 spiro atoms. The summed E-state index contributed by atoms with van der Waals surface area (Å²) in [6.45, 7) is 1.63. The largest absolute Gasteiger partial charge is 0.468 e. The number of furan rings is 1. The fourth-order valence-electron chi connectivity index (χ4n) is 1.35. The van der Waals surface area contributed by atoms with Crippen LogP contribution in [0.2, 0.25) is 4.47 Å². The second-order valence-corrected chi connectivity index (χ2v) is 5.03. The van der Waals surface area contributed by atoms with E-state index in [1.54, 1.807) is 6.26 Å². The summed E-state index contributed by atoms with van der Waals surface area (Å²) in [6.07, 6.45) is 3.50. The van der Waals surface area contributed by atoms with Crippen LogP contribution in [0.25, 0.3) is 0 Å². The molecule has 0 saturated heterocycles. The van der Waals surface area contributed by atoms with Crippen molar-refractivity contribution in [2.24, 2.45) is 0 Å². The third kappa shape index (κ3) is 3.06. The number of hydrogen-bond acceptors (Lipinski definition) is 4. The zero-order valence-electron chi connectivity index (χ0n) is 8.31.